The molecule has 1 fully saturated rings. The fraction of sp³-hybridized carbons (Fsp3) is 1.00. The van der Waals surface area contributed by atoms with Crippen molar-refractivity contribution in [2.75, 3.05) is 32.7 Å². The van der Waals surface area contributed by atoms with Gasteiger partial charge in [0, 0.05) is 19.6 Å². The maximum Gasteiger partial charge on any atom is 0.0707 e. The van der Waals surface area contributed by atoms with Gasteiger partial charge in [0.15, 0.2) is 0 Å². The average Bonchev–Trinajstić information content (AvgIpc) is 2.63. The highest BCUT2D eigenvalue weighted by Crippen LogP contribution is 2.28. The van der Waals surface area contributed by atoms with E-state index in [1.807, 2.05) is 0 Å². The molecule has 1 N–H and O–H groups in total. The molecule has 102 valence electrons. The van der Waals surface area contributed by atoms with E-state index in [1.165, 1.54) is 25.8 Å². The number of rotatable bonds is 8. The molecule has 0 aromatic carbocycles. The fourth-order valence-electron chi connectivity index (χ4n) is 2.47. The van der Waals surface area contributed by atoms with E-state index in [2.05, 4.69) is 37.9 Å². The van der Waals surface area contributed by atoms with Gasteiger partial charge in [0.1, 0.15) is 0 Å². The Kier molecular flexibility index (Phi) is 6.45. The molecule has 0 aromatic rings. The van der Waals surface area contributed by atoms with Crippen LogP contribution in [0.15, 0.2) is 0 Å². The van der Waals surface area contributed by atoms with Crippen molar-refractivity contribution >= 4 is 0 Å². The third kappa shape index (κ3) is 5.84. The Morgan fingerprint density at radius 1 is 1.29 bits per heavy atom. The quantitative estimate of drug-likeness (QED) is 0.661. The van der Waals surface area contributed by atoms with Crippen LogP contribution in [0.5, 0.6) is 0 Å². The summed E-state index contributed by atoms with van der Waals surface area (Å²) in [5.74, 6) is 0. The van der Waals surface area contributed by atoms with Crippen LogP contribution in [0.3, 0.4) is 0 Å². The average molecular weight is 242 g/mol. The third-order valence-corrected chi connectivity index (χ3v) is 3.52. The largest absolute Gasteiger partial charge is 0.371 e. The minimum atomic E-state index is 0.101. The van der Waals surface area contributed by atoms with Crippen molar-refractivity contribution in [2.45, 2.75) is 58.7 Å². The molecule has 3 heteroatoms. The van der Waals surface area contributed by atoms with Crippen LogP contribution in [-0.2, 0) is 4.74 Å². The molecule has 1 rings (SSSR count). The first kappa shape index (κ1) is 14.9. The van der Waals surface area contributed by atoms with Gasteiger partial charge in [0.2, 0.25) is 0 Å². The van der Waals surface area contributed by atoms with Crippen molar-refractivity contribution in [2.24, 2.45) is 0 Å². The summed E-state index contributed by atoms with van der Waals surface area (Å²) in [7, 11) is 0. The Hall–Kier alpha value is -0.120. The molecule has 0 saturated carbocycles. The maximum absolute atomic E-state index is 5.95. The van der Waals surface area contributed by atoms with Gasteiger partial charge in [-0.3, -0.25) is 0 Å². The van der Waals surface area contributed by atoms with E-state index < -0.39 is 0 Å². The molecular formula is C14H30N2O. The van der Waals surface area contributed by atoms with Gasteiger partial charge in [0.05, 0.1) is 11.7 Å². The van der Waals surface area contributed by atoms with Gasteiger partial charge in [-0.25, -0.2) is 0 Å². The SMILES string of the molecule is CCCN(CC)CCNCC1CCC(C)(C)O1. The molecule has 1 atom stereocenters. The Morgan fingerprint density at radius 2 is 2.06 bits per heavy atom. The molecule has 1 aliphatic heterocycles. The van der Waals surface area contributed by atoms with Crippen LogP contribution in [0.2, 0.25) is 0 Å². The van der Waals surface area contributed by atoms with Crippen LogP contribution in [0.4, 0.5) is 0 Å². The van der Waals surface area contributed by atoms with Gasteiger partial charge in [-0.15, -0.1) is 0 Å². The zero-order chi connectivity index (χ0) is 12.7. The second kappa shape index (κ2) is 7.34. The summed E-state index contributed by atoms with van der Waals surface area (Å²) in [6.45, 7) is 14.5. The maximum atomic E-state index is 5.95. The summed E-state index contributed by atoms with van der Waals surface area (Å²) in [4.78, 5) is 2.49. The van der Waals surface area contributed by atoms with Gasteiger partial charge in [-0.1, -0.05) is 13.8 Å². The van der Waals surface area contributed by atoms with Crippen molar-refractivity contribution in [3.05, 3.63) is 0 Å². The molecule has 0 bridgehead atoms. The van der Waals surface area contributed by atoms with Gasteiger partial charge in [-0.2, -0.15) is 0 Å². The lowest BCUT2D eigenvalue weighted by Crippen LogP contribution is -2.36. The standard InChI is InChI=1S/C14H30N2O/c1-5-10-16(6-2)11-9-15-12-13-7-8-14(3,4)17-13/h13,15H,5-12H2,1-4H3. The summed E-state index contributed by atoms with van der Waals surface area (Å²) >= 11 is 0. The Morgan fingerprint density at radius 3 is 2.59 bits per heavy atom. The van der Waals surface area contributed by atoms with Crippen LogP contribution in [0.25, 0.3) is 0 Å². The minimum absolute atomic E-state index is 0.101. The Balaban J connectivity index is 2.04. The first-order valence-electron chi connectivity index (χ1n) is 7.18. The number of nitrogens with zero attached hydrogens (tertiary/aromatic N) is 1. The first-order chi connectivity index (χ1) is 8.07. The predicted octanol–water partition coefficient (Wildman–Crippen LogP) is 2.27. The molecule has 0 spiro atoms. The highest BCUT2D eigenvalue weighted by atomic mass is 16.5. The monoisotopic (exact) mass is 242 g/mol. The Bertz CT molecular complexity index is 206. The van der Waals surface area contributed by atoms with E-state index >= 15 is 0 Å². The van der Waals surface area contributed by atoms with E-state index in [1.54, 1.807) is 0 Å². The topological polar surface area (TPSA) is 24.5 Å². The van der Waals surface area contributed by atoms with Crippen LogP contribution in [0.1, 0.15) is 47.0 Å². The predicted molar refractivity (Wildman–Crippen MR) is 73.5 cm³/mol. The molecule has 1 heterocycles. The highest BCUT2D eigenvalue weighted by molar-refractivity contribution is 4.81. The lowest BCUT2D eigenvalue weighted by atomic mass is 10.1. The van der Waals surface area contributed by atoms with Gasteiger partial charge < -0.3 is 15.0 Å². The molecule has 3 nitrogen and oxygen atoms in total. The summed E-state index contributed by atoms with van der Waals surface area (Å²) in [6.07, 6.45) is 4.06. The zero-order valence-electron chi connectivity index (χ0n) is 12.1. The van der Waals surface area contributed by atoms with Crippen molar-refractivity contribution in [3.8, 4) is 0 Å². The molecular weight excluding hydrogens is 212 g/mol. The number of nitrogens with one attached hydrogen (secondary N) is 1. The van der Waals surface area contributed by atoms with Gasteiger partial charge >= 0.3 is 0 Å². The number of likely N-dealkylation sites (N-methyl/N-ethyl adjacent to an activating group) is 1. The minimum Gasteiger partial charge on any atom is -0.371 e. The summed E-state index contributed by atoms with van der Waals surface area (Å²) in [5, 5.41) is 3.52. The van der Waals surface area contributed by atoms with Gasteiger partial charge in [-0.05, 0) is 46.2 Å². The van der Waals surface area contributed by atoms with E-state index in [0.717, 1.165) is 26.2 Å². The Labute approximate surface area is 107 Å². The van der Waals surface area contributed by atoms with Crippen LogP contribution < -0.4 is 5.32 Å². The van der Waals surface area contributed by atoms with Crippen LogP contribution in [-0.4, -0.2) is 49.3 Å². The molecule has 1 unspecified atom stereocenters. The van der Waals surface area contributed by atoms with E-state index in [4.69, 9.17) is 4.74 Å². The molecule has 1 aliphatic rings. The molecule has 0 amide bonds. The fourth-order valence-corrected chi connectivity index (χ4v) is 2.47. The third-order valence-electron chi connectivity index (χ3n) is 3.52. The molecule has 1 saturated heterocycles. The second-order valence-corrected chi connectivity index (χ2v) is 5.68. The smallest absolute Gasteiger partial charge is 0.0707 e. The highest BCUT2D eigenvalue weighted by Gasteiger charge is 2.30. The molecule has 17 heavy (non-hydrogen) atoms. The van der Waals surface area contributed by atoms with E-state index in [-0.39, 0.29) is 5.60 Å². The van der Waals surface area contributed by atoms with Gasteiger partial charge in [0.25, 0.3) is 0 Å². The van der Waals surface area contributed by atoms with Crippen LogP contribution in [0, 0.1) is 0 Å². The molecule has 0 radical (unpaired) electrons. The van der Waals surface area contributed by atoms with Crippen molar-refractivity contribution < 1.29 is 4.74 Å². The molecule has 0 aromatic heterocycles. The summed E-state index contributed by atoms with van der Waals surface area (Å²) in [5.41, 5.74) is 0.101. The zero-order valence-corrected chi connectivity index (χ0v) is 12.1. The number of hydrogen-bond acceptors (Lipinski definition) is 3. The van der Waals surface area contributed by atoms with Crippen LogP contribution >= 0.6 is 0 Å². The first-order valence-corrected chi connectivity index (χ1v) is 7.18. The van der Waals surface area contributed by atoms with Crippen molar-refractivity contribution in [1.82, 2.24) is 10.2 Å². The van der Waals surface area contributed by atoms with E-state index in [0.29, 0.717) is 6.10 Å². The lowest BCUT2D eigenvalue weighted by molar-refractivity contribution is -0.0142. The number of ether oxygens (including phenoxy) is 1. The number of hydrogen-bond donors (Lipinski definition) is 1. The normalized spacial score (nSPS) is 23.5. The van der Waals surface area contributed by atoms with Crippen molar-refractivity contribution in [1.29, 1.82) is 0 Å². The van der Waals surface area contributed by atoms with E-state index in [9.17, 15) is 0 Å². The molecule has 0 aliphatic carbocycles. The van der Waals surface area contributed by atoms with Crippen molar-refractivity contribution in [3.63, 3.8) is 0 Å². The lowest BCUT2D eigenvalue weighted by Gasteiger charge is -2.21. The second-order valence-electron chi connectivity index (χ2n) is 5.68. The summed E-state index contributed by atoms with van der Waals surface area (Å²) in [6, 6.07) is 0. The summed E-state index contributed by atoms with van der Waals surface area (Å²) < 4.78 is 5.95.